The van der Waals surface area contributed by atoms with E-state index in [-0.39, 0.29) is 15.5 Å². The Morgan fingerprint density at radius 2 is 2.05 bits per heavy atom. The predicted molar refractivity (Wildman–Crippen MR) is 75.6 cm³/mol. The first-order valence-corrected chi connectivity index (χ1v) is 8.25. The van der Waals surface area contributed by atoms with E-state index in [1.54, 1.807) is 6.07 Å². The summed E-state index contributed by atoms with van der Waals surface area (Å²) in [6.07, 6.45) is 4.28. The molecule has 1 aromatic heterocycles. The lowest BCUT2D eigenvalue weighted by Crippen LogP contribution is -2.32. The van der Waals surface area contributed by atoms with Crippen LogP contribution in [-0.2, 0) is 10.0 Å². The summed E-state index contributed by atoms with van der Waals surface area (Å²) in [6, 6.07) is 3.11. The van der Waals surface area contributed by atoms with Gasteiger partial charge in [-0.25, -0.2) is 13.4 Å². The molecule has 0 radical (unpaired) electrons. The number of pyridine rings is 1. The Bertz CT molecular complexity index is 558. The second kappa shape index (κ2) is 5.38. The van der Waals surface area contributed by atoms with Gasteiger partial charge >= 0.3 is 0 Å². The van der Waals surface area contributed by atoms with Crippen molar-refractivity contribution in [1.29, 1.82) is 0 Å². The van der Waals surface area contributed by atoms with Gasteiger partial charge in [0, 0.05) is 19.3 Å². The van der Waals surface area contributed by atoms with E-state index in [1.807, 2.05) is 0 Å². The van der Waals surface area contributed by atoms with Crippen LogP contribution in [0.2, 0.25) is 5.15 Å². The van der Waals surface area contributed by atoms with Crippen molar-refractivity contribution in [3.05, 3.63) is 23.5 Å². The van der Waals surface area contributed by atoms with Crippen LogP contribution in [0.3, 0.4) is 0 Å². The van der Waals surface area contributed by atoms with Crippen molar-refractivity contribution in [3.63, 3.8) is 0 Å². The average Bonchev–Trinajstić information content (AvgIpc) is 2.51. The van der Waals surface area contributed by atoms with E-state index < -0.39 is 10.0 Å². The molecule has 1 aliphatic heterocycles. The van der Waals surface area contributed by atoms with Crippen molar-refractivity contribution in [2.24, 2.45) is 5.41 Å². The van der Waals surface area contributed by atoms with Crippen molar-refractivity contribution >= 4 is 21.6 Å². The van der Waals surface area contributed by atoms with Crippen LogP contribution in [-0.4, -0.2) is 30.8 Å². The number of halogens is 1. The van der Waals surface area contributed by atoms with E-state index in [2.05, 4.69) is 18.8 Å². The first-order valence-electron chi connectivity index (χ1n) is 6.44. The summed E-state index contributed by atoms with van der Waals surface area (Å²) in [7, 11) is -3.53. The molecule has 4 nitrogen and oxygen atoms in total. The van der Waals surface area contributed by atoms with Gasteiger partial charge in [0.25, 0.3) is 0 Å². The summed E-state index contributed by atoms with van der Waals surface area (Å²) < 4.78 is 26.7. The molecule has 0 atom stereocenters. The minimum atomic E-state index is -3.53. The van der Waals surface area contributed by atoms with Gasteiger partial charge in [0.1, 0.15) is 10.0 Å². The Morgan fingerprint density at radius 1 is 1.32 bits per heavy atom. The van der Waals surface area contributed by atoms with Crippen LogP contribution in [0, 0.1) is 5.41 Å². The van der Waals surface area contributed by atoms with Crippen molar-refractivity contribution in [2.75, 3.05) is 13.1 Å². The standard InChI is InChI=1S/C13H19ClN2O2S/c1-13(2)6-4-9-16(10-7-13)19(17,18)11-5-3-8-15-12(11)14/h3,5,8H,4,6-7,9-10H2,1-2H3. The van der Waals surface area contributed by atoms with Gasteiger partial charge in [0.15, 0.2) is 0 Å². The number of sulfonamides is 1. The van der Waals surface area contributed by atoms with Crippen molar-refractivity contribution in [1.82, 2.24) is 9.29 Å². The highest BCUT2D eigenvalue weighted by molar-refractivity contribution is 7.89. The molecule has 1 aromatic rings. The highest BCUT2D eigenvalue weighted by Crippen LogP contribution is 2.32. The molecule has 0 N–H and O–H groups in total. The molecule has 1 aliphatic rings. The lowest BCUT2D eigenvalue weighted by molar-refractivity contribution is 0.315. The van der Waals surface area contributed by atoms with Crippen LogP contribution in [0.4, 0.5) is 0 Å². The molecule has 2 rings (SSSR count). The van der Waals surface area contributed by atoms with Crippen LogP contribution in [0.15, 0.2) is 23.2 Å². The van der Waals surface area contributed by atoms with Crippen LogP contribution >= 0.6 is 11.6 Å². The quantitative estimate of drug-likeness (QED) is 0.789. The smallest absolute Gasteiger partial charge is 0.243 e. The number of hydrogen-bond donors (Lipinski definition) is 0. The molecule has 0 aromatic carbocycles. The minimum Gasteiger partial charge on any atom is -0.243 e. The summed E-state index contributed by atoms with van der Waals surface area (Å²) in [5.74, 6) is 0. The summed E-state index contributed by atoms with van der Waals surface area (Å²) >= 11 is 5.91. The summed E-state index contributed by atoms with van der Waals surface area (Å²) in [6.45, 7) is 5.46. The molecular formula is C13H19ClN2O2S. The fourth-order valence-electron chi connectivity index (χ4n) is 2.34. The van der Waals surface area contributed by atoms with E-state index in [0.29, 0.717) is 13.1 Å². The van der Waals surface area contributed by atoms with Crippen LogP contribution in [0.5, 0.6) is 0 Å². The first kappa shape index (κ1) is 14.8. The van der Waals surface area contributed by atoms with E-state index in [9.17, 15) is 8.42 Å². The lowest BCUT2D eigenvalue weighted by Gasteiger charge is -2.23. The van der Waals surface area contributed by atoms with Gasteiger partial charge < -0.3 is 0 Å². The molecule has 0 bridgehead atoms. The molecule has 1 fully saturated rings. The third-order valence-electron chi connectivity index (χ3n) is 3.64. The molecule has 0 amide bonds. The van der Waals surface area contributed by atoms with Crippen molar-refractivity contribution < 1.29 is 8.42 Å². The number of hydrogen-bond acceptors (Lipinski definition) is 3. The molecule has 1 saturated heterocycles. The normalized spacial score (nSPS) is 21.0. The van der Waals surface area contributed by atoms with Crippen LogP contribution < -0.4 is 0 Å². The Hall–Kier alpha value is -0.650. The first-order chi connectivity index (χ1) is 8.83. The summed E-state index contributed by atoms with van der Waals surface area (Å²) in [4.78, 5) is 3.96. The Labute approximate surface area is 119 Å². The number of nitrogens with zero attached hydrogens (tertiary/aromatic N) is 2. The maximum absolute atomic E-state index is 12.6. The molecular weight excluding hydrogens is 284 g/mol. The lowest BCUT2D eigenvalue weighted by atomic mass is 9.85. The Morgan fingerprint density at radius 3 is 2.74 bits per heavy atom. The summed E-state index contributed by atoms with van der Waals surface area (Å²) in [5.41, 5.74) is 0.197. The fraction of sp³-hybridized carbons (Fsp3) is 0.615. The highest BCUT2D eigenvalue weighted by atomic mass is 35.5. The van der Waals surface area contributed by atoms with E-state index in [4.69, 9.17) is 11.6 Å². The number of rotatable bonds is 2. The SMILES string of the molecule is CC1(C)CCCN(S(=O)(=O)c2cccnc2Cl)CC1. The maximum Gasteiger partial charge on any atom is 0.246 e. The molecule has 19 heavy (non-hydrogen) atoms. The molecule has 0 spiro atoms. The third-order valence-corrected chi connectivity index (χ3v) is 5.99. The van der Waals surface area contributed by atoms with Gasteiger partial charge in [-0.2, -0.15) is 4.31 Å². The van der Waals surface area contributed by atoms with Gasteiger partial charge in [0.2, 0.25) is 10.0 Å². The maximum atomic E-state index is 12.6. The fourth-order valence-corrected chi connectivity index (χ4v) is 4.25. The zero-order valence-electron chi connectivity index (χ0n) is 11.3. The van der Waals surface area contributed by atoms with E-state index in [1.165, 1.54) is 16.6 Å². The number of aromatic nitrogens is 1. The van der Waals surface area contributed by atoms with Gasteiger partial charge in [0.05, 0.1) is 0 Å². The van der Waals surface area contributed by atoms with Crippen molar-refractivity contribution in [2.45, 2.75) is 38.0 Å². The van der Waals surface area contributed by atoms with Gasteiger partial charge in [-0.15, -0.1) is 0 Å². The Kier molecular flexibility index (Phi) is 4.18. The van der Waals surface area contributed by atoms with Gasteiger partial charge in [-0.05, 0) is 36.8 Å². The van der Waals surface area contributed by atoms with Crippen LogP contribution in [0.25, 0.3) is 0 Å². The largest absolute Gasteiger partial charge is 0.246 e. The predicted octanol–water partition coefficient (Wildman–Crippen LogP) is 2.94. The summed E-state index contributed by atoms with van der Waals surface area (Å²) in [5, 5.41) is 0.0472. The van der Waals surface area contributed by atoms with E-state index >= 15 is 0 Å². The molecule has 0 saturated carbocycles. The third kappa shape index (κ3) is 3.27. The second-order valence-corrected chi connectivity index (χ2v) is 7.98. The zero-order chi connectivity index (χ0) is 14.1. The Balaban J connectivity index is 2.28. The molecule has 0 aliphatic carbocycles. The molecule has 0 unspecified atom stereocenters. The van der Waals surface area contributed by atoms with Gasteiger partial charge in [-0.3, -0.25) is 0 Å². The minimum absolute atomic E-state index is 0.0472. The van der Waals surface area contributed by atoms with E-state index in [0.717, 1.165) is 19.3 Å². The zero-order valence-corrected chi connectivity index (χ0v) is 12.8. The topological polar surface area (TPSA) is 50.3 Å². The molecule has 2 heterocycles. The molecule has 106 valence electrons. The van der Waals surface area contributed by atoms with Gasteiger partial charge in [-0.1, -0.05) is 25.4 Å². The monoisotopic (exact) mass is 302 g/mol. The second-order valence-electron chi connectivity index (χ2n) is 5.71. The van der Waals surface area contributed by atoms with Crippen molar-refractivity contribution in [3.8, 4) is 0 Å². The molecule has 6 heteroatoms. The average molecular weight is 303 g/mol. The van der Waals surface area contributed by atoms with Crippen LogP contribution in [0.1, 0.15) is 33.1 Å². The highest BCUT2D eigenvalue weighted by Gasteiger charge is 2.31.